The van der Waals surface area contributed by atoms with Gasteiger partial charge in [-0.05, 0) is 0 Å². The van der Waals surface area contributed by atoms with Crippen LogP contribution in [-0.2, 0) is 14.3 Å². The first-order valence-electron chi connectivity index (χ1n) is 3.96. The average molecular weight is 222 g/mol. The monoisotopic (exact) mass is 222 g/mol. The van der Waals surface area contributed by atoms with Gasteiger partial charge in [0.15, 0.2) is 0 Å². The molecule has 0 aromatic heterocycles. The Morgan fingerprint density at radius 2 is 1.93 bits per heavy atom. The zero-order chi connectivity index (χ0) is 11.9. The molecule has 0 aromatic carbocycles. The van der Waals surface area contributed by atoms with Gasteiger partial charge in [-0.3, -0.25) is 4.79 Å². The SMILES string of the molecule is CN=NC(=O)OCCO.O=COCCO. The van der Waals surface area contributed by atoms with Crippen LogP contribution in [0.15, 0.2) is 10.2 Å². The smallest absolute Gasteiger partial charge is 0.452 e. The van der Waals surface area contributed by atoms with Crippen molar-refractivity contribution in [1.82, 2.24) is 0 Å². The van der Waals surface area contributed by atoms with Gasteiger partial charge in [0, 0.05) is 7.05 Å². The minimum atomic E-state index is -0.772. The van der Waals surface area contributed by atoms with E-state index in [-0.39, 0.29) is 26.4 Å². The standard InChI is InChI=1S/C4H8N2O3.C3H6O3/c1-5-6-4(8)9-3-2-7;4-1-2-6-3-5/h7H,2-3H2,1H3;3-4H,1-2H2. The van der Waals surface area contributed by atoms with Crippen molar-refractivity contribution in [2.75, 3.05) is 33.5 Å². The summed E-state index contributed by atoms with van der Waals surface area (Å²) in [6.07, 6.45) is -0.772. The van der Waals surface area contributed by atoms with Gasteiger partial charge in [0.25, 0.3) is 6.47 Å². The highest BCUT2D eigenvalue weighted by Gasteiger charge is 1.94. The normalized spacial score (nSPS) is 9.00. The number of aliphatic hydroxyl groups is 2. The number of ether oxygens (including phenoxy) is 2. The molecule has 0 fully saturated rings. The second-order valence-corrected chi connectivity index (χ2v) is 1.83. The Hall–Kier alpha value is -1.54. The fraction of sp³-hybridized carbons (Fsp3) is 0.714. The quantitative estimate of drug-likeness (QED) is 0.362. The largest absolute Gasteiger partial charge is 0.465 e. The van der Waals surface area contributed by atoms with Crippen molar-refractivity contribution < 1.29 is 29.3 Å². The molecule has 0 aromatic rings. The van der Waals surface area contributed by atoms with Crippen molar-refractivity contribution in [1.29, 1.82) is 0 Å². The predicted octanol–water partition coefficient (Wildman–Crippen LogP) is -0.651. The topological polar surface area (TPSA) is 118 Å². The second kappa shape index (κ2) is 15.0. The Morgan fingerprint density at radius 3 is 2.27 bits per heavy atom. The molecule has 0 atom stereocenters. The van der Waals surface area contributed by atoms with Crippen LogP contribution in [0.25, 0.3) is 0 Å². The molecule has 0 aliphatic carbocycles. The van der Waals surface area contributed by atoms with Gasteiger partial charge in [0.05, 0.1) is 13.2 Å². The fourth-order valence-corrected chi connectivity index (χ4v) is 0.344. The van der Waals surface area contributed by atoms with Crippen molar-refractivity contribution in [3.05, 3.63) is 0 Å². The van der Waals surface area contributed by atoms with E-state index in [1.54, 1.807) is 0 Å². The number of hydrogen-bond acceptors (Lipinski definition) is 7. The molecular weight excluding hydrogens is 208 g/mol. The second-order valence-electron chi connectivity index (χ2n) is 1.83. The van der Waals surface area contributed by atoms with E-state index >= 15 is 0 Å². The van der Waals surface area contributed by atoms with Crippen LogP contribution in [0.3, 0.4) is 0 Å². The van der Waals surface area contributed by atoms with E-state index in [9.17, 15) is 9.59 Å². The van der Waals surface area contributed by atoms with E-state index in [0.29, 0.717) is 6.47 Å². The zero-order valence-electron chi connectivity index (χ0n) is 8.33. The van der Waals surface area contributed by atoms with Crippen LogP contribution in [0, 0.1) is 0 Å². The number of azo groups is 1. The van der Waals surface area contributed by atoms with Gasteiger partial charge in [-0.1, -0.05) is 5.11 Å². The van der Waals surface area contributed by atoms with Gasteiger partial charge in [-0.2, -0.15) is 5.11 Å². The summed E-state index contributed by atoms with van der Waals surface area (Å²) in [5, 5.41) is 22.2. The highest BCUT2D eigenvalue weighted by molar-refractivity contribution is 5.67. The summed E-state index contributed by atoms with van der Waals surface area (Å²) in [7, 11) is 1.36. The lowest BCUT2D eigenvalue weighted by Crippen LogP contribution is -2.02. The maximum Gasteiger partial charge on any atom is 0.452 e. The number of carbonyl (C=O) groups excluding carboxylic acids is 2. The summed E-state index contributed by atoms with van der Waals surface area (Å²) in [4.78, 5) is 19.4. The van der Waals surface area contributed by atoms with Crippen molar-refractivity contribution in [2.24, 2.45) is 10.2 Å². The van der Waals surface area contributed by atoms with Crippen molar-refractivity contribution in [3.63, 3.8) is 0 Å². The molecule has 0 heterocycles. The lowest BCUT2D eigenvalue weighted by atomic mass is 10.8. The molecule has 8 nitrogen and oxygen atoms in total. The van der Waals surface area contributed by atoms with Crippen molar-refractivity contribution in [2.45, 2.75) is 0 Å². The van der Waals surface area contributed by atoms with Crippen LogP contribution in [0.2, 0.25) is 0 Å². The molecule has 88 valence electrons. The number of aliphatic hydroxyl groups excluding tert-OH is 2. The summed E-state index contributed by atoms with van der Waals surface area (Å²) in [6.45, 7) is 0.0846. The molecule has 0 radical (unpaired) electrons. The molecule has 0 bridgehead atoms. The summed E-state index contributed by atoms with van der Waals surface area (Å²) >= 11 is 0. The van der Waals surface area contributed by atoms with Gasteiger partial charge in [0.2, 0.25) is 0 Å². The molecule has 0 spiro atoms. The lowest BCUT2D eigenvalue weighted by molar-refractivity contribution is -0.129. The van der Waals surface area contributed by atoms with E-state index in [2.05, 4.69) is 19.7 Å². The summed E-state index contributed by atoms with van der Waals surface area (Å²) < 4.78 is 8.33. The first-order valence-corrected chi connectivity index (χ1v) is 3.96. The van der Waals surface area contributed by atoms with Gasteiger partial charge in [-0.25, -0.2) is 4.79 Å². The van der Waals surface area contributed by atoms with Crippen molar-refractivity contribution in [3.8, 4) is 0 Å². The first-order chi connectivity index (χ1) is 7.22. The van der Waals surface area contributed by atoms with Crippen molar-refractivity contribution >= 4 is 12.6 Å². The molecule has 0 rings (SSSR count). The van der Waals surface area contributed by atoms with E-state index < -0.39 is 6.09 Å². The Bertz CT molecular complexity index is 184. The highest BCUT2D eigenvalue weighted by atomic mass is 16.6. The number of amides is 1. The molecule has 0 unspecified atom stereocenters. The van der Waals surface area contributed by atoms with Gasteiger partial charge in [0.1, 0.15) is 13.2 Å². The Balaban J connectivity index is 0. The predicted molar refractivity (Wildman–Crippen MR) is 48.3 cm³/mol. The number of hydrogen-bond donors (Lipinski definition) is 2. The zero-order valence-corrected chi connectivity index (χ0v) is 8.33. The summed E-state index contributed by atoms with van der Waals surface area (Å²) in [5.74, 6) is 0. The molecule has 0 saturated heterocycles. The molecule has 1 amide bonds. The minimum absolute atomic E-state index is 0.0299. The first kappa shape index (κ1) is 15.9. The Morgan fingerprint density at radius 1 is 1.33 bits per heavy atom. The van der Waals surface area contributed by atoms with E-state index in [4.69, 9.17) is 10.2 Å². The van der Waals surface area contributed by atoms with Gasteiger partial charge in [-0.15, -0.1) is 0 Å². The maximum atomic E-state index is 10.2. The Kier molecular flexibility index (Phi) is 15.9. The molecule has 0 aliphatic heterocycles. The van der Waals surface area contributed by atoms with E-state index in [1.165, 1.54) is 7.05 Å². The van der Waals surface area contributed by atoms with E-state index in [0.717, 1.165) is 0 Å². The average Bonchev–Trinajstić information content (AvgIpc) is 2.25. The van der Waals surface area contributed by atoms with Crippen LogP contribution in [0.5, 0.6) is 0 Å². The van der Waals surface area contributed by atoms with Crippen LogP contribution in [0.4, 0.5) is 4.79 Å². The van der Waals surface area contributed by atoms with Crippen LogP contribution in [0.1, 0.15) is 0 Å². The molecule has 0 aliphatic rings. The number of carbonyl (C=O) groups is 2. The lowest BCUT2D eigenvalue weighted by Gasteiger charge is -1.93. The van der Waals surface area contributed by atoms with E-state index in [1.807, 2.05) is 0 Å². The number of rotatable bonds is 5. The fourth-order valence-electron chi connectivity index (χ4n) is 0.344. The molecule has 15 heavy (non-hydrogen) atoms. The third kappa shape index (κ3) is 19.0. The molecular formula is C7H14N2O6. The van der Waals surface area contributed by atoms with Gasteiger partial charge >= 0.3 is 6.09 Å². The third-order valence-corrected chi connectivity index (χ3v) is 0.776. The molecule has 8 heteroatoms. The highest BCUT2D eigenvalue weighted by Crippen LogP contribution is 1.82. The summed E-state index contributed by atoms with van der Waals surface area (Å²) in [6, 6.07) is 0. The van der Waals surface area contributed by atoms with Crippen LogP contribution < -0.4 is 0 Å². The minimum Gasteiger partial charge on any atom is -0.465 e. The van der Waals surface area contributed by atoms with Crippen LogP contribution >= 0.6 is 0 Å². The molecule has 0 saturated carbocycles. The number of nitrogens with zero attached hydrogens (tertiary/aromatic N) is 2. The maximum absolute atomic E-state index is 10.2. The molecule has 2 N–H and O–H groups in total. The third-order valence-electron chi connectivity index (χ3n) is 0.776. The van der Waals surface area contributed by atoms with Crippen LogP contribution in [-0.4, -0.2) is 56.3 Å². The van der Waals surface area contributed by atoms with Gasteiger partial charge < -0.3 is 19.7 Å². The summed E-state index contributed by atoms with van der Waals surface area (Å²) in [5.41, 5.74) is 0. The Labute approximate surface area is 86.5 Å².